The van der Waals surface area contributed by atoms with Crippen LogP contribution in [0.15, 0.2) is 54.6 Å². The van der Waals surface area contributed by atoms with E-state index < -0.39 is 11.5 Å². The molecule has 3 rings (SSSR count). The van der Waals surface area contributed by atoms with Gasteiger partial charge in [0.1, 0.15) is 11.9 Å². The van der Waals surface area contributed by atoms with Crippen molar-refractivity contribution in [3.05, 3.63) is 70.7 Å². The monoisotopic (exact) mass is 397 g/mol. The maximum Gasteiger partial charge on any atom is 0.229 e. The molecule has 0 aliphatic heterocycles. The lowest BCUT2D eigenvalue weighted by atomic mass is 9.93. The lowest BCUT2D eigenvalue weighted by molar-refractivity contribution is -0.123. The molecule has 1 amide bonds. The number of hydrogen-bond donors (Lipinski definition) is 2. The number of hydrogen-bond acceptors (Lipinski definition) is 3. The zero-order chi connectivity index (χ0) is 20.5. The van der Waals surface area contributed by atoms with Gasteiger partial charge in [-0.25, -0.2) is 0 Å². The summed E-state index contributed by atoms with van der Waals surface area (Å²) in [6.45, 7) is 5.47. The highest BCUT2D eigenvalue weighted by Gasteiger charge is 2.26. The van der Waals surface area contributed by atoms with Crippen molar-refractivity contribution in [3.8, 4) is 5.75 Å². The van der Waals surface area contributed by atoms with Crippen LogP contribution in [0.5, 0.6) is 5.75 Å². The fraction of sp³-hybridized carbons (Fsp3) is 0.261. The highest BCUT2D eigenvalue weighted by molar-refractivity contribution is 6.31. The fourth-order valence-electron chi connectivity index (χ4n) is 3.07. The predicted molar refractivity (Wildman–Crippen MR) is 114 cm³/mol. The molecular formula is C23H24ClNO3. The molecule has 28 heavy (non-hydrogen) atoms. The molecule has 5 heteroatoms. The number of anilines is 1. The van der Waals surface area contributed by atoms with Crippen molar-refractivity contribution >= 4 is 34.0 Å². The van der Waals surface area contributed by atoms with Crippen LogP contribution in [0.3, 0.4) is 0 Å². The van der Waals surface area contributed by atoms with Gasteiger partial charge in [-0.05, 0) is 22.4 Å². The molecule has 4 nitrogen and oxygen atoms in total. The van der Waals surface area contributed by atoms with Crippen LogP contribution in [-0.2, 0) is 4.79 Å². The number of nitrogens with one attached hydrogen (secondary N) is 1. The Morgan fingerprint density at radius 3 is 2.43 bits per heavy atom. The van der Waals surface area contributed by atoms with E-state index in [9.17, 15) is 9.90 Å². The molecular weight excluding hydrogens is 374 g/mol. The van der Waals surface area contributed by atoms with Gasteiger partial charge in [0.25, 0.3) is 0 Å². The maximum absolute atomic E-state index is 12.6. The first-order valence-corrected chi connectivity index (χ1v) is 9.45. The zero-order valence-corrected chi connectivity index (χ0v) is 17.2. The molecule has 2 N–H and O–H groups in total. The molecule has 0 fully saturated rings. The second-order valence-corrected chi connectivity index (χ2v) is 8.18. The second-order valence-electron chi connectivity index (χ2n) is 7.75. The average molecular weight is 398 g/mol. The van der Waals surface area contributed by atoms with Crippen molar-refractivity contribution < 1.29 is 14.6 Å². The van der Waals surface area contributed by atoms with Gasteiger partial charge >= 0.3 is 0 Å². The number of benzene rings is 3. The summed E-state index contributed by atoms with van der Waals surface area (Å²) in [6.07, 6.45) is -0.992. The highest BCUT2D eigenvalue weighted by atomic mass is 35.5. The van der Waals surface area contributed by atoms with Gasteiger partial charge in [-0.3, -0.25) is 4.79 Å². The van der Waals surface area contributed by atoms with Crippen LogP contribution in [-0.4, -0.2) is 18.1 Å². The van der Waals surface area contributed by atoms with E-state index >= 15 is 0 Å². The van der Waals surface area contributed by atoms with Crippen molar-refractivity contribution in [1.29, 1.82) is 0 Å². The van der Waals surface area contributed by atoms with Crippen molar-refractivity contribution in [2.45, 2.75) is 26.9 Å². The third-order valence-corrected chi connectivity index (χ3v) is 4.87. The van der Waals surface area contributed by atoms with E-state index in [4.69, 9.17) is 16.3 Å². The lowest BCUT2D eigenvalue weighted by Crippen LogP contribution is -2.28. The average Bonchev–Trinajstić information content (AvgIpc) is 2.67. The first-order valence-electron chi connectivity index (χ1n) is 9.07. The number of aliphatic hydroxyl groups excluding tert-OH is 1. The molecule has 3 aromatic rings. The van der Waals surface area contributed by atoms with Crippen LogP contribution >= 0.6 is 11.6 Å². The van der Waals surface area contributed by atoms with Crippen molar-refractivity contribution in [2.75, 3.05) is 12.4 Å². The van der Waals surface area contributed by atoms with E-state index in [0.29, 0.717) is 22.0 Å². The molecule has 0 bridgehead atoms. The number of methoxy groups -OCH3 is 1. The topological polar surface area (TPSA) is 58.6 Å². The number of carbonyl (C=O) groups excluding carboxylic acids is 1. The van der Waals surface area contributed by atoms with Crippen LogP contribution in [0.1, 0.15) is 38.0 Å². The van der Waals surface area contributed by atoms with Gasteiger partial charge < -0.3 is 15.2 Å². The Labute approximate surface area is 170 Å². The number of carbonyl (C=O) groups is 1. The first-order chi connectivity index (χ1) is 13.2. The van der Waals surface area contributed by atoms with Gasteiger partial charge in [-0.1, -0.05) is 74.8 Å². The molecule has 0 heterocycles. The molecule has 0 spiro atoms. The normalized spacial score (nSPS) is 12.6. The van der Waals surface area contributed by atoms with Crippen LogP contribution in [0.25, 0.3) is 10.8 Å². The summed E-state index contributed by atoms with van der Waals surface area (Å²) in [7, 11) is 1.51. The Hall–Kier alpha value is -2.56. The standard InChI is InChI=1S/C23H24ClNO3/c1-23(2,3)22(27)25-20-18(12-15(24)13-19(20)28-4)21(26)17-11-7-9-14-8-5-6-10-16(14)17/h5-13,21,26H,1-4H3,(H,25,27). The van der Waals surface area contributed by atoms with Gasteiger partial charge in [0.2, 0.25) is 5.91 Å². The summed E-state index contributed by atoms with van der Waals surface area (Å²) in [6, 6.07) is 16.9. The summed E-state index contributed by atoms with van der Waals surface area (Å²) in [5.41, 5.74) is 1.03. The zero-order valence-electron chi connectivity index (χ0n) is 16.4. The minimum atomic E-state index is -0.992. The Kier molecular flexibility index (Phi) is 5.64. The molecule has 0 saturated carbocycles. The SMILES string of the molecule is COc1cc(Cl)cc(C(O)c2cccc3ccccc23)c1NC(=O)C(C)(C)C. The number of halogens is 1. The molecule has 146 valence electrons. The van der Waals surface area contributed by atoms with E-state index in [1.54, 1.807) is 12.1 Å². The second kappa shape index (κ2) is 7.82. The number of rotatable bonds is 4. The van der Waals surface area contributed by atoms with Crippen LogP contribution in [0.2, 0.25) is 5.02 Å². The summed E-state index contributed by atoms with van der Waals surface area (Å²) in [5, 5.41) is 16.6. The van der Waals surface area contributed by atoms with E-state index in [2.05, 4.69) is 5.32 Å². The highest BCUT2D eigenvalue weighted by Crippen LogP contribution is 2.40. The van der Waals surface area contributed by atoms with Crippen molar-refractivity contribution in [1.82, 2.24) is 0 Å². The van der Waals surface area contributed by atoms with E-state index in [1.165, 1.54) is 7.11 Å². The molecule has 0 saturated heterocycles. The quantitative estimate of drug-likeness (QED) is 0.605. The Morgan fingerprint density at radius 2 is 1.75 bits per heavy atom. The third kappa shape index (κ3) is 3.98. The summed E-state index contributed by atoms with van der Waals surface area (Å²) >= 11 is 6.27. The maximum atomic E-state index is 12.6. The Balaban J connectivity index is 2.17. The predicted octanol–water partition coefficient (Wildman–Crippen LogP) is 5.57. The summed E-state index contributed by atoms with van der Waals surface area (Å²) in [4.78, 5) is 12.6. The number of ether oxygens (including phenoxy) is 1. The largest absolute Gasteiger partial charge is 0.495 e. The molecule has 3 aromatic carbocycles. The Bertz CT molecular complexity index is 1020. The van der Waals surface area contributed by atoms with Crippen molar-refractivity contribution in [3.63, 3.8) is 0 Å². The smallest absolute Gasteiger partial charge is 0.229 e. The molecule has 1 atom stereocenters. The molecule has 1 unspecified atom stereocenters. The van der Waals surface area contributed by atoms with Gasteiger partial charge in [0, 0.05) is 22.1 Å². The number of aliphatic hydroxyl groups is 1. The molecule has 0 radical (unpaired) electrons. The van der Waals surface area contributed by atoms with Gasteiger partial charge in [-0.15, -0.1) is 0 Å². The Morgan fingerprint density at radius 1 is 1.07 bits per heavy atom. The summed E-state index contributed by atoms with van der Waals surface area (Å²) in [5.74, 6) is 0.221. The minimum Gasteiger partial charge on any atom is -0.495 e. The molecule has 0 aromatic heterocycles. The van der Waals surface area contributed by atoms with Crippen LogP contribution < -0.4 is 10.1 Å². The van der Waals surface area contributed by atoms with E-state index in [1.807, 2.05) is 63.2 Å². The van der Waals surface area contributed by atoms with Gasteiger partial charge in [-0.2, -0.15) is 0 Å². The van der Waals surface area contributed by atoms with Gasteiger partial charge in [0.15, 0.2) is 0 Å². The minimum absolute atomic E-state index is 0.181. The number of amides is 1. The van der Waals surface area contributed by atoms with E-state index in [-0.39, 0.29) is 5.91 Å². The summed E-state index contributed by atoms with van der Waals surface area (Å²) < 4.78 is 5.44. The van der Waals surface area contributed by atoms with Gasteiger partial charge in [0.05, 0.1) is 12.8 Å². The third-order valence-electron chi connectivity index (χ3n) is 4.65. The van der Waals surface area contributed by atoms with Crippen molar-refractivity contribution in [2.24, 2.45) is 5.41 Å². The van der Waals surface area contributed by atoms with E-state index in [0.717, 1.165) is 16.3 Å². The van der Waals surface area contributed by atoms with Crippen LogP contribution in [0, 0.1) is 5.41 Å². The fourth-order valence-corrected chi connectivity index (χ4v) is 3.29. The molecule has 0 aliphatic rings. The first kappa shape index (κ1) is 20.2. The van der Waals surface area contributed by atoms with Crippen LogP contribution in [0.4, 0.5) is 5.69 Å². The molecule has 0 aliphatic carbocycles. The number of fused-ring (bicyclic) bond motifs is 1. The lowest BCUT2D eigenvalue weighted by Gasteiger charge is -2.24.